The summed E-state index contributed by atoms with van der Waals surface area (Å²) in [5.41, 5.74) is 0. The fourth-order valence-electron chi connectivity index (χ4n) is 0. The predicted octanol–water partition coefficient (Wildman–Crippen LogP) is 1.84. The SMILES string of the molecule is C/C=C(\O)I. The van der Waals surface area contributed by atoms with Crippen LogP contribution in [0.5, 0.6) is 0 Å². The van der Waals surface area contributed by atoms with Gasteiger partial charge in [0.25, 0.3) is 0 Å². The summed E-state index contributed by atoms with van der Waals surface area (Å²) in [6.45, 7) is 1.78. The van der Waals surface area contributed by atoms with E-state index < -0.39 is 0 Å². The molecule has 0 aliphatic heterocycles. The summed E-state index contributed by atoms with van der Waals surface area (Å²) in [4.78, 5) is 0. The molecule has 0 aliphatic carbocycles. The second-order valence-electron chi connectivity index (χ2n) is 0.611. The van der Waals surface area contributed by atoms with Crippen molar-refractivity contribution >= 4 is 22.6 Å². The van der Waals surface area contributed by atoms with Crippen molar-refractivity contribution < 1.29 is 5.11 Å². The van der Waals surface area contributed by atoms with E-state index in [1.54, 1.807) is 13.0 Å². The number of rotatable bonds is 0. The standard InChI is InChI=1S/C3H5IO/c1-2-3(4)5/h2,5H,1H3/b3-2-. The molecule has 0 heterocycles. The number of allylic oxidation sites excluding steroid dienone is 1. The minimum atomic E-state index is 0.350. The summed E-state index contributed by atoms with van der Waals surface area (Å²) >= 11 is 1.82. The minimum Gasteiger partial charge on any atom is -0.503 e. The van der Waals surface area contributed by atoms with Crippen molar-refractivity contribution in [2.75, 3.05) is 0 Å². The van der Waals surface area contributed by atoms with E-state index in [0.29, 0.717) is 3.77 Å². The molecule has 2 heteroatoms. The molecule has 0 aliphatic rings. The van der Waals surface area contributed by atoms with Gasteiger partial charge in [-0.1, -0.05) is 0 Å². The molecule has 0 saturated carbocycles. The van der Waals surface area contributed by atoms with Gasteiger partial charge in [0, 0.05) is 0 Å². The highest BCUT2D eigenvalue weighted by atomic mass is 127. The van der Waals surface area contributed by atoms with Crippen LogP contribution in [0.3, 0.4) is 0 Å². The fourth-order valence-corrected chi connectivity index (χ4v) is 0. The van der Waals surface area contributed by atoms with E-state index in [-0.39, 0.29) is 0 Å². The van der Waals surface area contributed by atoms with Crippen LogP contribution >= 0.6 is 22.6 Å². The van der Waals surface area contributed by atoms with Crippen molar-refractivity contribution in [3.05, 3.63) is 9.84 Å². The Morgan fingerprint density at radius 3 is 2.20 bits per heavy atom. The zero-order valence-corrected chi connectivity index (χ0v) is 5.06. The van der Waals surface area contributed by atoms with Crippen LogP contribution in [-0.4, -0.2) is 5.11 Å². The molecular weight excluding hydrogens is 179 g/mol. The van der Waals surface area contributed by atoms with E-state index >= 15 is 0 Å². The van der Waals surface area contributed by atoms with Crippen LogP contribution in [0.25, 0.3) is 0 Å². The van der Waals surface area contributed by atoms with E-state index in [2.05, 4.69) is 0 Å². The predicted molar refractivity (Wildman–Crippen MR) is 30.4 cm³/mol. The van der Waals surface area contributed by atoms with E-state index in [1.165, 1.54) is 0 Å². The first-order chi connectivity index (χ1) is 2.27. The highest BCUT2D eigenvalue weighted by molar-refractivity contribution is 14.1. The molecule has 30 valence electrons. The van der Waals surface area contributed by atoms with Crippen molar-refractivity contribution in [3.63, 3.8) is 0 Å². The third kappa shape index (κ3) is 4.27. The summed E-state index contributed by atoms with van der Waals surface area (Å²) < 4.78 is 0.350. The lowest BCUT2D eigenvalue weighted by Gasteiger charge is -1.72. The molecule has 0 saturated heterocycles. The number of hydrogen-bond acceptors (Lipinski definition) is 1. The van der Waals surface area contributed by atoms with Crippen LogP contribution in [0.1, 0.15) is 6.92 Å². The zero-order valence-electron chi connectivity index (χ0n) is 2.90. The maximum Gasteiger partial charge on any atom is 0.149 e. The monoisotopic (exact) mass is 184 g/mol. The maximum absolute atomic E-state index is 8.21. The highest BCUT2D eigenvalue weighted by Crippen LogP contribution is 1.95. The lowest BCUT2D eigenvalue weighted by molar-refractivity contribution is 0.464. The van der Waals surface area contributed by atoms with Crippen molar-refractivity contribution in [2.24, 2.45) is 0 Å². The molecular formula is C3H5IO. The van der Waals surface area contributed by atoms with Gasteiger partial charge < -0.3 is 5.11 Å². The molecule has 0 aromatic rings. The number of halogens is 1. The van der Waals surface area contributed by atoms with Gasteiger partial charge in [0.05, 0.1) is 0 Å². The molecule has 0 unspecified atom stereocenters. The van der Waals surface area contributed by atoms with Crippen LogP contribution in [0, 0.1) is 0 Å². The summed E-state index contributed by atoms with van der Waals surface area (Å²) in [6, 6.07) is 0. The molecule has 0 bridgehead atoms. The van der Waals surface area contributed by atoms with Crippen molar-refractivity contribution in [1.82, 2.24) is 0 Å². The Hall–Kier alpha value is 0.270. The molecule has 0 rings (SSSR count). The quantitative estimate of drug-likeness (QED) is 0.449. The molecule has 0 aromatic carbocycles. The molecule has 1 N–H and O–H groups in total. The third-order valence-corrected chi connectivity index (χ3v) is 0.861. The molecule has 1 nitrogen and oxygen atoms in total. The largest absolute Gasteiger partial charge is 0.503 e. The second-order valence-corrected chi connectivity index (χ2v) is 1.72. The summed E-state index contributed by atoms with van der Waals surface area (Å²) in [6.07, 6.45) is 1.63. The molecule has 0 radical (unpaired) electrons. The Labute approximate surface area is 44.8 Å². The second kappa shape index (κ2) is 2.50. The van der Waals surface area contributed by atoms with E-state index in [0.717, 1.165) is 0 Å². The van der Waals surface area contributed by atoms with E-state index in [9.17, 15) is 0 Å². The molecule has 0 amide bonds. The number of hydrogen-bond donors (Lipinski definition) is 1. The molecule has 0 fully saturated rings. The first kappa shape index (κ1) is 5.27. The van der Waals surface area contributed by atoms with Crippen molar-refractivity contribution in [3.8, 4) is 0 Å². The Morgan fingerprint density at radius 2 is 2.20 bits per heavy atom. The average Bonchev–Trinajstić information content (AvgIpc) is 1.38. The summed E-state index contributed by atoms with van der Waals surface area (Å²) in [5.74, 6) is 0. The minimum absolute atomic E-state index is 0.350. The topological polar surface area (TPSA) is 20.2 Å². The first-order valence-corrected chi connectivity index (χ1v) is 2.36. The molecule has 5 heavy (non-hydrogen) atoms. The summed E-state index contributed by atoms with van der Waals surface area (Å²) in [5, 5.41) is 8.21. The van der Waals surface area contributed by atoms with E-state index in [1.807, 2.05) is 22.6 Å². The summed E-state index contributed by atoms with van der Waals surface area (Å²) in [7, 11) is 0. The Morgan fingerprint density at radius 1 is 2.00 bits per heavy atom. The molecule has 0 aromatic heterocycles. The van der Waals surface area contributed by atoms with Gasteiger partial charge in [0.1, 0.15) is 3.77 Å². The van der Waals surface area contributed by atoms with Gasteiger partial charge in [-0.25, -0.2) is 0 Å². The third-order valence-electron chi connectivity index (χ3n) is 0.238. The lowest BCUT2D eigenvalue weighted by Crippen LogP contribution is -1.53. The molecule has 0 atom stereocenters. The normalized spacial score (nSPS) is 12.0. The van der Waals surface area contributed by atoms with Crippen LogP contribution in [-0.2, 0) is 0 Å². The maximum atomic E-state index is 8.21. The van der Waals surface area contributed by atoms with Gasteiger partial charge in [0.15, 0.2) is 0 Å². The molecule has 0 spiro atoms. The van der Waals surface area contributed by atoms with Crippen molar-refractivity contribution in [2.45, 2.75) is 6.92 Å². The Bertz CT molecular complexity index is 44.9. The van der Waals surface area contributed by atoms with Gasteiger partial charge in [-0.05, 0) is 35.6 Å². The fraction of sp³-hybridized carbons (Fsp3) is 0.333. The Balaban J connectivity index is 3.14. The van der Waals surface area contributed by atoms with Gasteiger partial charge >= 0.3 is 0 Å². The van der Waals surface area contributed by atoms with Crippen LogP contribution in [0.4, 0.5) is 0 Å². The van der Waals surface area contributed by atoms with Gasteiger partial charge in [0.2, 0.25) is 0 Å². The van der Waals surface area contributed by atoms with Crippen LogP contribution < -0.4 is 0 Å². The smallest absolute Gasteiger partial charge is 0.149 e. The van der Waals surface area contributed by atoms with Gasteiger partial charge in [-0.15, -0.1) is 0 Å². The van der Waals surface area contributed by atoms with E-state index in [4.69, 9.17) is 5.11 Å². The first-order valence-electron chi connectivity index (χ1n) is 1.28. The zero-order chi connectivity index (χ0) is 4.28. The Kier molecular flexibility index (Phi) is 2.64. The van der Waals surface area contributed by atoms with Gasteiger partial charge in [-0.2, -0.15) is 0 Å². The van der Waals surface area contributed by atoms with Crippen LogP contribution in [0.15, 0.2) is 9.84 Å². The number of aliphatic hydroxyl groups excluding tert-OH is 1. The lowest BCUT2D eigenvalue weighted by atomic mass is 10.7. The average molecular weight is 184 g/mol. The number of aliphatic hydroxyl groups is 1. The van der Waals surface area contributed by atoms with Crippen LogP contribution in [0.2, 0.25) is 0 Å². The highest BCUT2D eigenvalue weighted by Gasteiger charge is 1.66. The van der Waals surface area contributed by atoms with Crippen molar-refractivity contribution in [1.29, 1.82) is 0 Å². The van der Waals surface area contributed by atoms with Gasteiger partial charge in [-0.3, -0.25) is 0 Å².